The molecule has 3 aromatic heterocycles. The third-order valence-corrected chi connectivity index (χ3v) is 8.35. The number of carbonyl (C=O) groups is 2. The maximum absolute atomic E-state index is 13.0. The predicted octanol–water partition coefficient (Wildman–Crippen LogP) is 4.50. The van der Waals surface area contributed by atoms with Crippen LogP contribution in [0.3, 0.4) is 0 Å². The molecule has 0 N–H and O–H groups in total. The van der Waals surface area contributed by atoms with Gasteiger partial charge in [0.25, 0.3) is 11.8 Å². The zero-order valence-corrected chi connectivity index (χ0v) is 22.3. The summed E-state index contributed by atoms with van der Waals surface area (Å²) < 4.78 is 11.5. The Morgan fingerprint density at radius 3 is 2.79 bits per heavy atom. The number of benzene rings is 1. The van der Waals surface area contributed by atoms with Gasteiger partial charge in [0.05, 0.1) is 18.6 Å². The van der Waals surface area contributed by atoms with Crippen molar-refractivity contribution < 1.29 is 19.1 Å². The largest absolute Gasteiger partial charge is 0.492 e. The lowest BCUT2D eigenvalue weighted by Gasteiger charge is -2.30. The summed E-state index contributed by atoms with van der Waals surface area (Å²) in [6, 6.07) is 13.7. The minimum absolute atomic E-state index is 0.373. The molecule has 0 spiro atoms. The smallest absolute Gasteiger partial charge is 0.276 e. The fraction of sp³-hybridized carbons (Fsp3) is 0.259. The standard InChI is InChI=1S/C27H25N5O4S2/c1-18-15-23(33)31(27(18)34)32(25-21-7-14-37-26(21)29-17-28-25)24-6-5-22(38-24)19-3-2-4-20(16-19)36-13-10-30-8-11-35-12-9-30/h2-7,14-17H,8-13H2,1H3. The van der Waals surface area contributed by atoms with E-state index in [0.717, 1.165) is 64.3 Å². The predicted molar refractivity (Wildman–Crippen MR) is 148 cm³/mol. The number of fused-ring (bicyclic) bond motifs is 1. The number of rotatable bonds is 8. The number of amides is 2. The van der Waals surface area contributed by atoms with Gasteiger partial charge in [0, 0.05) is 36.2 Å². The molecule has 1 aromatic carbocycles. The number of imide groups is 1. The quantitative estimate of drug-likeness (QED) is 0.298. The van der Waals surface area contributed by atoms with E-state index in [2.05, 4.69) is 14.9 Å². The Morgan fingerprint density at radius 1 is 1.11 bits per heavy atom. The van der Waals surface area contributed by atoms with Crippen LogP contribution in [-0.4, -0.2) is 71.1 Å². The molecule has 0 aliphatic carbocycles. The van der Waals surface area contributed by atoms with Gasteiger partial charge in [-0.15, -0.1) is 22.7 Å². The summed E-state index contributed by atoms with van der Waals surface area (Å²) in [5.74, 6) is 0.500. The summed E-state index contributed by atoms with van der Waals surface area (Å²) in [5.41, 5.74) is 1.37. The van der Waals surface area contributed by atoms with Gasteiger partial charge in [-0.3, -0.25) is 14.5 Å². The number of thiophene rings is 2. The van der Waals surface area contributed by atoms with Crippen molar-refractivity contribution >= 4 is 55.5 Å². The van der Waals surface area contributed by atoms with Crippen molar-refractivity contribution in [2.45, 2.75) is 6.92 Å². The number of anilines is 2. The normalized spacial score (nSPS) is 16.3. The number of hydrogen-bond donors (Lipinski definition) is 0. The molecule has 5 heterocycles. The number of carbonyl (C=O) groups excluding carboxylic acids is 2. The van der Waals surface area contributed by atoms with E-state index < -0.39 is 5.91 Å². The first-order valence-electron chi connectivity index (χ1n) is 12.3. The van der Waals surface area contributed by atoms with Crippen LogP contribution >= 0.6 is 22.7 Å². The van der Waals surface area contributed by atoms with Gasteiger partial charge in [-0.25, -0.2) is 15.0 Å². The van der Waals surface area contributed by atoms with Gasteiger partial charge in [-0.1, -0.05) is 12.1 Å². The summed E-state index contributed by atoms with van der Waals surface area (Å²) in [5, 5.41) is 6.13. The second-order valence-electron chi connectivity index (χ2n) is 8.90. The van der Waals surface area contributed by atoms with E-state index in [-0.39, 0.29) is 5.91 Å². The van der Waals surface area contributed by atoms with Gasteiger partial charge in [0.15, 0.2) is 5.82 Å². The van der Waals surface area contributed by atoms with Crippen LogP contribution in [0.4, 0.5) is 10.8 Å². The average molecular weight is 548 g/mol. The lowest BCUT2D eigenvalue weighted by Crippen LogP contribution is -2.44. The monoisotopic (exact) mass is 547 g/mol. The van der Waals surface area contributed by atoms with E-state index in [1.807, 2.05) is 47.8 Å². The van der Waals surface area contributed by atoms with Crippen LogP contribution in [-0.2, 0) is 14.3 Å². The minimum atomic E-state index is -0.403. The minimum Gasteiger partial charge on any atom is -0.492 e. The van der Waals surface area contributed by atoms with E-state index in [9.17, 15) is 9.59 Å². The number of nitrogens with zero attached hydrogens (tertiary/aromatic N) is 5. The van der Waals surface area contributed by atoms with Crippen LogP contribution in [0.1, 0.15) is 6.92 Å². The van der Waals surface area contributed by atoms with Crippen molar-refractivity contribution in [3.8, 4) is 16.2 Å². The molecule has 0 unspecified atom stereocenters. The van der Waals surface area contributed by atoms with Crippen LogP contribution in [0.5, 0.6) is 5.75 Å². The molecule has 0 saturated carbocycles. The second kappa shape index (κ2) is 10.6. The van der Waals surface area contributed by atoms with Gasteiger partial charge in [0.1, 0.15) is 28.5 Å². The Kier molecular flexibility index (Phi) is 6.90. The molecule has 1 fully saturated rings. The fourth-order valence-electron chi connectivity index (χ4n) is 4.46. The Balaban J connectivity index is 1.28. The van der Waals surface area contributed by atoms with E-state index in [0.29, 0.717) is 23.0 Å². The Morgan fingerprint density at radius 2 is 1.97 bits per heavy atom. The van der Waals surface area contributed by atoms with Crippen LogP contribution < -0.4 is 9.75 Å². The van der Waals surface area contributed by atoms with Gasteiger partial charge >= 0.3 is 0 Å². The highest BCUT2D eigenvalue weighted by atomic mass is 32.1. The number of ether oxygens (including phenoxy) is 2. The maximum Gasteiger partial charge on any atom is 0.276 e. The van der Waals surface area contributed by atoms with Crippen molar-refractivity contribution in [3.63, 3.8) is 0 Å². The topological polar surface area (TPSA) is 88.1 Å². The summed E-state index contributed by atoms with van der Waals surface area (Å²) in [6.07, 6.45) is 2.81. The molecule has 6 rings (SSSR count). The van der Waals surface area contributed by atoms with Crippen molar-refractivity contribution in [2.75, 3.05) is 44.5 Å². The summed E-state index contributed by atoms with van der Waals surface area (Å²) in [4.78, 5) is 38.9. The van der Waals surface area contributed by atoms with E-state index in [1.165, 1.54) is 35.1 Å². The molecule has 1 saturated heterocycles. The number of hydrogen-bond acceptors (Lipinski definition) is 10. The molecule has 0 radical (unpaired) electrons. The first kappa shape index (κ1) is 24.7. The highest BCUT2D eigenvalue weighted by molar-refractivity contribution is 7.19. The maximum atomic E-state index is 13.0. The fourth-order valence-corrected chi connectivity index (χ4v) is 6.19. The highest BCUT2D eigenvalue weighted by Gasteiger charge is 2.37. The zero-order valence-electron chi connectivity index (χ0n) is 20.7. The zero-order chi connectivity index (χ0) is 26.1. The number of hydrazine groups is 1. The molecule has 38 heavy (non-hydrogen) atoms. The average Bonchev–Trinajstić information content (AvgIpc) is 3.67. The Bertz CT molecular complexity index is 1520. The van der Waals surface area contributed by atoms with Crippen molar-refractivity contribution in [1.82, 2.24) is 19.9 Å². The molecule has 9 nitrogen and oxygen atoms in total. The summed E-state index contributed by atoms with van der Waals surface area (Å²) in [7, 11) is 0. The molecule has 2 aliphatic heterocycles. The van der Waals surface area contributed by atoms with E-state index >= 15 is 0 Å². The number of aromatic nitrogens is 2. The molecule has 0 bridgehead atoms. The Labute approximate surface area is 227 Å². The molecule has 11 heteroatoms. The Hall–Kier alpha value is -3.64. The molecular weight excluding hydrogens is 522 g/mol. The highest BCUT2D eigenvalue weighted by Crippen LogP contribution is 2.41. The SMILES string of the molecule is CC1=CC(=O)N(N(c2ccc(-c3cccc(OCCN4CCOCC4)c3)s2)c2ncnc3sccc23)C1=O. The van der Waals surface area contributed by atoms with E-state index in [4.69, 9.17) is 9.47 Å². The van der Waals surface area contributed by atoms with Crippen LogP contribution in [0.2, 0.25) is 0 Å². The van der Waals surface area contributed by atoms with Gasteiger partial charge in [0.2, 0.25) is 0 Å². The molecule has 2 aliphatic rings. The lowest BCUT2D eigenvalue weighted by atomic mass is 10.2. The molecular formula is C27H25N5O4S2. The van der Waals surface area contributed by atoms with Gasteiger partial charge in [-0.2, -0.15) is 5.01 Å². The van der Waals surface area contributed by atoms with Crippen molar-refractivity contribution in [3.05, 3.63) is 65.8 Å². The van der Waals surface area contributed by atoms with Gasteiger partial charge in [-0.05, 0) is 48.2 Å². The van der Waals surface area contributed by atoms with Gasteiger partial charge < -0.3 is 9.47 Å². The first-order chi connectivity index (χ1) is 18.6. The molecule has 0 atom stereocenters. The van der Waals surface area contributed by atoms with Crippen LogP contribution in [0.15, 0.2) is 65.8 Å². The van der Waals surface area contributed by atoms with Crippen molar-refractivity contribution in [2.24, 2.45) is 0 Å². The third-order valence-electron chi connectivity index (χ3n) is 6.42. The molecule has 194 valence electrons. The summed E-state index contributed by atoms with van der Waals surface area (Å²) in [6.45, 7) is 6.49. The summed E-state index contributed by atoms with van der Waals surface area (Å²) >= 11 is 2.95. The number of morpholine rings is 1. The van der Waals surface area contributed by atoms with Crippen LogP contribution in [0.25, 0.3) is 20.7 Å². The molecule has 4 aromatic rings. The second-order valence-corrected chi connectivity index (χ2v) is 10.9. The van der Waals surface area contributed by atoms with Crippen molar-refractivity contribution in [1.29, 1.82) is 0 Å². The molecule has 2 amide bonds. The third kappa shape index (κ3) is 4.81. The van der Waals surface area contributed by atoms with E-state index in [1.54, 1.807) is 11.9 Å². The van der Waals surface area contributed by atoms with Crippen LogP contribution in [0, 0.1) is 0 Å². The first-order valence-corrected chi connectivity index (χ1v) is 14.0. The lowest BCUT2D eigenvalue weighted by molar-refractivity contribution is -0.137.